The van der Waals surface area contributed by atoms with E-state index in [1.165, 1.54) is 17.7 Å². The number of aromatic nitrogens is 1. The van der Waals surface area contributed by atoms with E-state index in [1.54, 1.807) is 10.6 Å². The summed E-state index contributed by atoms with van der Waals surface area (Å²) in [6.45, 7) is 2.14. The van der Waals surface area contributed by atoms with Crippen molar-refractivity contribution >= 4 is 31.9 Å². The highest BCUT2D eigenvalue weighted by Gasteiger charge is 2.14. The molecule has 0 bridgehead atoms. The lowest BCUT2D eigenvalue weighted by Crippen LogP contribution is -2.24. The molecular formula is C22H19Br2F2NO2. The molecule has 0 aliphatic carbocycles. The van der Waals surface area contributed by atoms with Crippen LogP contribution in [0.1, 0.15) is 22.4 Å². The zero-order chi connectivity index (χ0) is 21.0. The van der Waals surface area contributed by atoms with Gasteiger partial charge in [0, 0.05) is 28.7 Å². The number of rotatable bonds is 7. The predicted octanol–water partition coefficient (Wildman–Crippen LogP) is 5.76. The number of pyridine rings is 1. The van der Waals surface area contributed by atoms with Crippen LogP contribution in [0.4, 0.5) is 8.78 Å². The minimum atomic E-state index is -0.686. The third kappa shape index (κ3) is 5.34. The van der Waals surface area contributed by atoms with Gasteiger partial charge >= 0.3 is 0 Å². The summed E-state index contributed by atoms with van der Waals surface area (Å²) in [4.78, 5) is 12.8. The maximum atomic E-state index is 13.8. The fraction of sp³-hybridized carbons (Fsp3) is 0.227. The zero-order valence-electron chi connectivity index (χ0n) is 15.7. The third-order valence-electron chi connectivity index (χ3n) is 4.56. The average molecular weight is 527 g/mol. The van der Waals surface area contributed by atoms with Gasteiger partial charge in [-0.3, -0.25) is 4.79 Å². The van der Waals surface area contributed by atoms with Gasteiger partial charge in [-0.25, -0.2) is 8.78 Å². The maximum absolute atomic E-state index is 13.8. The summed E-state index contributed by atoms with van der Waals surface area (Å²) in [6.07, 6.45) is 0.950. The van der Waals surface area contributed by atoms with Crippen LogP contribution in [0.25, 0.3) is 0 Å². The monoisotopic (exact) mass is 525 g/mol. The highest BCUT2D eigenvalue weighted by molar-refractivity contribution is 9.10. The molecule has 0 aliphatic heterocycles. The molecule has 0 N–H and O–H groups in total. The molecule has 3 nitrogen and oxygen atoms in total. The van der Waals surface area contributed by atoms with Gasteiger partial charge in [0.2, 0.25) is 0 Å². The Morgan fingerprint density at radius 3 is 2.38 bits per heavy atom. The van der Waals surface area contributed by atoms with Gasteiger partial charge in [-0.15, -0.1) is 0 Å². The molecule has 0 spiro atoms. The smallest absolute Gasteiger partial charge is 0.269 e. The molecule has 0 saturated heterocycles. The van der Waals surface area contributed by atoms with Crippen LogP contribution in [-0.4, -0.2) is 9.90 Å². The van der Waals surface area contributed by atoms with Gasteiger partial charge in [0.25, 0.3) is 5.56 Å². The predicted molar refractivity (Wildman–Crippen MR) is 117 cm³/mol. The van der Waals surface area contributed by atoms with Crippen molar-refractivity contribution in [3.63, 3.8) is 0 Å². The maximum Gasteiger partial charge on any atom is 0.269 e. The number of nitrogens with zero attached hydrogens (tertiary/aromatic N) is 1. The molecule has 2 aromatic carbocycles. The Kier molecular flexibility index (Phi) is 7.24. The van der Waals surface area contributed by atoms with Gasteiger partial charge in [0.1, 0.15) is 28.5 Å². The minimum Gasteiger partial charge on any atom is -0.487 e. The van der Waals surface area contributed by atoms with Crippen LogP contribution in [0.5, 0.6) is 5.75 Å². The lowest BCUT2D eigenvalue weighted by molar-refractivity contribution is 0.296. The number of hydrogen-bond acceptors (Lipinski definition) is 2. The van der Waals surface area contributed by atoms with Gasteiger partial charge in [0.15, 0.2) is 0 Å². The summed E-state index contributed by atoms with van der Waals surface area (Å²) < 4.78 is 34.4. The lowest BCUT2D eigenvalue weighted by atomic mass is 10.1. The third-order valence-corrected chi connectivity index (χ3v) is 5.69. The van der Waals surface area contributed by atoms with Crippen molar-refractivity contribution in [3.8, 4) is 5.75 Å². The topological polar surface area (TPSA) is 31.2 Å². The first-order chi connectivity index (χ1) is 13.9. The van der Waals surface area contributed by atoms with E-state index in [0.717, 1.165) is 29.1 Å². The molecule has 7 heteroatoms. The molecule has 152 valence electrons. The molecule has 0 fully saturated rings. The first kappa shape index (κ1) is 21.7. The largest absolute Gasteiger partial charge is 0.487 e. The Morgan fingerprint density at radius 2 is 1.72 bits per heavy atom. The van der Waals surface area contributed by atoms with Crippen LogP contribution in [0.3, 0.4) is 0 Å². The summed E-state index contributed by atoms with van der Waals surface area (Å²) in [7, 11) is 0. The van der Waals surface area contributed by atoms with Crippen molar-refractivity contribution in [2.24, 2.45) is 0 Å². The van der Waals surface area contributed by atoms with Gasteiger partial charge in [0.05, 0.1) is 6.54 Å². The van der Waals surface area contributed by atoms with Crippen molar-refractivity contribution in [3.05, 3.63) is 97.4 Å². The van der Waals surface area contributed by atoms with Crippen LogP contribution in [0, 0.1) is 18.6 Å². The second-order valence-electron chi connectivity index (χ2n) is 6.64. The van der Waals surface area contributed by atoms with Gasteiger partial charge in [-0.05, 0) is 52.5 Å². The summed E-state index contributed by atoms with van der Waals surface area (Å²) >= 11 is 6.72. The summed E-state index contributed by atoms with van der Waals surface area (Å²) in [6, 6.07) is 13.2. The van der Waals surface area contributed by atoms with Crippen molar-refractivity contribution in [2.45, 2.75) is 26.5 Å². The molecule has 3 rings (SSSR count). The molecule has 0 aliphatic rings. The highest BCUT2D eigenvalue weighted by Crippen LogP contribution is 2.24. The zero-order valence-corrected chi connectivity index (χ0v) is 18.9. The van der Waals surface area contributed by atoms with Crippen LogP contribution in [-0.2, 0) is 19.6 Å². The number of ether oxygens (including phenoxy) is 1. The van der Waals surface area contributed by atoms with Crippen molar-refractivity contribution in [1.29, 1.82) is 0 Å². The second-order valence-corrected chi connectivity index (χ2v) is 8.22. The fourth-order valence-electron chi connectivity index (χ4n) is 2.91. The second kappa shape index (κ2) is 9.67. The number of halogens is 4. The molecular weight excluding hydrogens is 508 g/mol. The SMILES string of the molecule is Cc1cc(OCc2ccc(F)cc2F)c(Br)c(=O)n1Cc1ccc(CCBr)cc1. The summed E-state index contributed by atoms with van der Waals surface area (Å²) in [5.74, 6) is -1.01. The highest BCUT2D eigenvalue weighted by atomic mass is 79.9. The normalized spacial score (nSPS) is 10.9. The molecule has 1 heterocycles. The van der Waals surface area contributed by atoms with E-state index in [-0.39, 0.29) is 22.2 Å². The quantitative estimate of drug-likeness (QED) is 0.366. The van der Waals surface area contributed by atoms with Crippen molar-refractivity contribution in [2.75, 3.05) is 5.33 Å². The van der Waals surface area contributed by atoms with Crippen molar-refractivity contribution < 1.29 is 13.5 Å². The van der Waals surface area contributed by atoms with Crippen LogP contribution < -0.4 is 10.3 Å². The fourth-order valence-corrected chi connectivity index (χ4v) is 3.81. The molecule has 1 aromatic heterocycles. The number of alkyl halides is 1. The molecule has 0 amide bonds. The van der Waals surface area contributed by atoms with E-state index < -0.39 is 11.6 Å². The van der Waals surface area contributed by atoms with E-state index >= 15 is 0 Å². The lowest BCUT2D eigenvalue weighted by Gasteiger charge is -2.15. The molecule has 29 heavy (non-hydrogen) atoms. The van der Waals surface area contributed by atoms with Gasteiger partial charge < -0.3 is 9.30 Å². The van der Waals surface area contributed by atoms with Crippen LogP contribution >= 0.6 is 31.9 Å². The minimum absolute atomic E-state index is 0.108. The molecule has 0 radical (unpaired) electrons. The summed E-state index contributed by atoms with van der Waals surface area (Å²) in [5, 5.41) is 0.904. The van der Waals surface area contributed by atoms with Gasteiger partial charge in [-0.2, -0.15) is 0 Å². The summed E-state index contributed by atoms with van der Waals surface area (Å²) in [5.41, 5.74) is 2.94. The van der Waals surface area contributed by atoms with Gasteiger partial charge in [-0.1, -0.05) is 40.2 Å². The number of hydrogen-bond donors (Lipinski definition) is 0. The Hall–Kier alpha value is -1.99. The van der Waals surface area contributed by atoms with E-state index in [9.17, 15) is 13.6 Å². The Morgan fingerprint density at radius 1 is 1.03 bits per heavy atom. The Bertz CT molecular complexity index is 1070. The number of aryl methyl sites for hydroxylation is 2. The van der Waals surface area contributed by atoms with E-state index in [1.807, 2.05) is 19.1 Å². The van der Waals surface area contributed by atoms with Crippen LogP contribution in [0.15, 0.2) is 57.8 Å². The Labute approximate surface area is 184 Å². The molecule has 3 aromatic rings. The Balaban J connectivity index is 1.79. The first-order valence-electron chi connectivity index (χ1n) is 8.99. The van der Waals surface area contributed by atoms with E-state index in [4.69, 9.17) is 4.74 Å². The van der Waals surface area contributed by atoms with E-state index in [0.29, 0.717) is 12.3 Å². The van der Waals surface area contributed by atoms with E-state index in [2.05, 4.69) is 44.0 Å². The number of benzene rings is 2. The van der Waals surface area contributed by atoms with Crippen molar-refractivity contribution in [1.82, 2.24) is 4.57 Å². The average Bonchev–Trinajstić information content (AvgIpc) is 2.69. The first-order valence-corrected chi connectivity index (χ1v) is 10.9. The molecule has 0 atom stereocenters. The van der Waals surface area contributed by atoms with Crippen LogP contribution in [0.2, 0.25) is 0 Å². The molecule has 0 unspecified atom stereocenters. The molecule has 0 saturated carbocycles. The standard InChI is InChI=1S/C22H19Br2F2NO2/c1-14-10-20(29-13-17-6-7-18(25)11-19(17)26)21(24)22(28)27(14)12-16-4-2-15(3-5-16)8-9-23/h2-7,10-11H,8-9,12-13H2,1H3.